The molecule has 6 heteroatoms. The smallest absolute Gasteiger partial charge is 0.196 e. The quantitative estimate of drug-likeness (QED) is 0.823. The number of nitrogens with zero attached hydrogens (tertiary/aromatic N) is 1. The van der Waals surface area contributed by atoms with Crippen molar-refractivity contribution in [2.45, 2.75) is 0 Å². The molecule has 0 radical (unpaired) electrons. The molecule has 1 aromatic carbocycles. The van der Waals surface area contributed by atoms with Gasteiger partial charge in [-0.3, -0.25) is 4.99 Å². The normalized spacial score (nSPS) is 24.5. The van der Waals surface area contributed by atoms with Crippen LogP contribution in [0.3, 0.4) is 0 Å². The number of para-hydroxylation sites is 1. The number of aliphatic imine (C=N–C) groups is 1. The fraction of sp³-hybridized carbons (Fsp3) is 0.222. The van der Waals surface area contributed by atoms with Crippen LogP contribution in [0.1, 0.15) is 5.48 Å². The maximum absolute atomic E-state index is 7.45. The van der Waals surface area contributed by atoms with Crippen LogP contribution in [0.15, 0.2) is 23.2 Å². The molecule has 0 fully saturated rings. The number of benzene rings is 1. The molecule has 0 saturated carbocycles. The molecule has 0 aromatic heterocycles. The van der Waals surface area contributed by atoms with Gasteiger partial charge in [-0.25, -0.2) is 0 Å². The highest BCUT2D eigenvalue weighted by Crippen LogP contribution is 2.29. The average molecular weight is 271 g/mol. The number of halogens is 3. The number of hydrogen-bond acceptors (Lipinski definition) is 3. The summed E-state index contributed by atoms with van der Waals surface area (Å²) in [7, 11) is 0. The molecule has 0 atom stereocenters. The van der Waals surface area contributed by atoms with Gasteiger partial charge in [0.1, 0.15) is 0 Å². The van der Waals surface area contributed by atoms with Crippen LogP contribution >= 0.6 is 35.6 Å². The minimum absolute atomic E-state index is 0. The van der Waals surface area contributed by atoms with Gasteiger partial charge in [0.15, 0.2) is 5.96 Å². The summed E-state index contributed by atoms with van der Waals surface area (Å²) in [5.74, 6) is -0.0556. The molecular weight excluding hydrogens is 256 g/mol. The largest absolute Gasteiger partial charge is 0.354 e. The predicted molar refractivity (Wildman–Crippen MR) is 67.6 cm³/mol. The van der Waals surface area contributed by atoms with Crippen LogP contribution in [0.5, 0.6) is 0 Å². The summed E-state index contributed by atoms with van der Waals surface area (Å²) < 4.78 is 29.8. The van der Waals surface area contributed by atoms with Crippen molar-refractivity contribution in [3.63, 3.8) is 0 Å². The van der Waals surface area contributed by atoms with Crippen LogP contribution in [0.25, 0.3) is 0 Å². The Morgan fingerprint density at radius 1 is 1.40 bits per heavy atom. The first-order valence-electron chi connectivity index (χ1n) is 5.82. The molecule has 82 valence electrons. The molecule has 1 aliphatic heterocycles. The van der Waals surface area contributed by atoms with Crippen molar-refractivity contribution < 1.29 is 5.48 Å². The molecule has 0 saturated heterocycles. The van der Waals surface area contributed by atoms with Crippen LogP contribution < -0.4 is 10.6 Å². The molecule has 3 nitrogen and oxygen atoms in total. The van der Waals surface area contributed by atoms with E-state index < -0.39 is 13.0 Å². The Labute approximate surface area is 110 Å². The van der Waals surface area contributed by atoms with Gasteiger partial charge in [0, 0.05) is 6.50 Å². The summed E-state index contributed by atoms with van der Waals surface area (Å²) in [5.41, 5.74) is 0.348. The summed E-state index contributed by atoms with van der Waals surface area (Å²) in [4.78, 5) is 3.59. The monoisotopic (exact) mass is 269 g/mol. The van der Waals surface area contributed by atoms with Gasteiger partial charge in [0.25, 0.3) is 0 Å². The standard InChI is InChI=1S/C9H9Cl2N3.ClH/c10-6-2-1-3-7(11)8(6)14-9-12-4-5-13-9;/h1-3H,4-5H2,(H2,12,13,14);1H/i4D2,5D2;. The number of rotatable bonds is 1. The van der Waals surface area contributed by atoms with Crippen LogP contribution in [0.2, 0.25) is 10.0 Å². The van der Waals surface area contributed by atoms with Gasteiger partial charge in [-0.15, -0.1) is 12.4 Å². The van der Waals surface area contributed by atoms with Gasteiger partial charge < -0.3 is 10.6 Å². The zero-order valence-electron chi connectivity index (χ0n) is 11.3. The van der Waals surface area contributed by atoms with Crippen molar-refractivity contribution in [3.05, 3.63) is 28.2 Å². The molecule has 15 heavy (non-hydrogen) atoms. The van der Waals surface area contributed by atoms with E-state index in [1.807, 2.05) is 0 Å². The number of hydrogen-bond donors (Lipinski definition) is 2. The molecule has 0 unspecified atom stereocenters. The highest BCUT2D eigenvalue weighted by molar-refractivity contribution is 6.39. The summed E-state index contributed by atoms with van der Waals surface area (Å²) >= 11 is 11.9. The van der Waals surface area contributed by atoms with Crippen molar-refractivity contribution in [3.8, 4) is 0 Å². The highest BCUT2D eigenvalue weighted by atomic mass is 35.5. The van der Waals surface area contributed by atoms with Crippen molar-refractivity contribution in [2.75, 3.05) is 18.3 Å². The van der Waals surface area contributed by atoms with E-state index in [9.17, 15) is 0 Å². The minimum Gasteiger partial charge on any atom is -0.354 e. The molecule has 0 aliphatic carbocycles. The van der Waals surface area contributed by atoms with Crippen LogP contribution in [-0.4, -0.2) is 19.0 Å². The van der Waals surface area contributed by atoms with Crippen LogP contribution in [0.4, 0.5) is 5.69 Å². The summed E-state index contributed by atoms with van der Waals surface area (Å²) in [6, 6.07) is 4.88. The predicted octanol–water partition coefficient (Wildman–Crippen LogP) is 2.79. The highest BCUT2D eigenvalue weighted by Gasteiger charge is 2.09. The van der Waals surface area contributed by atoms with E-state index >= 15 is 0 Å². The lowest BCUT2D eigenvalue weighted by molar-refractivity contribution is 0.959. The Kier molecular flexibility index (Phi) is 2.76. The lowest BCUT2D eigenvalue weighted by Gasteiger charge is -2.09. The van der Waals surface area contributed by atoms with Crippen molar-refractivity contribution in [1.29, 1.82) is 0 Å². The summed E-state index contributed by atoms with van der Waals surface area (Å²) in [5, 5.41) is 5.65. The Morgan fingerprint density at radius 2 is 2.07 bits per heavy atom. The molecule has 0 bridgehead atoms. The van der Waals surface area contributed by atoms with Crippen LogP contribution in [0, 0.1) is 0 Å². The van der Waals surface area contributed by atoms with E-state index in [2.05, 4.69) is 15.6 Å². The first-order chi connectivity index (χ1) is 8.23. The van der Waals surface area contributed by atoms with Crippen molar-refractivity contribution >= 4 is 47.3 Å². The molecule has 1 heterocycles. The molecule has 1 aromatic rings. The SMILES string of the molecule is Cl.[2H]C1([2H])N=C(Nc2c(Cl)cccc2Cl)NC1([2H])[2H]. The molecule has 2 rings (SSSR count). The van der Waals surface area contributed by atoms with Crippen molar-refractivity contribution in [2.24, 2.45) is 4.99 Å². The average Bonchev–Trinajstić information content (AvgIpc) is 2.42. The van der Waals surface area contributed by atoms with E-state index in [-0.39, 0.29) is 18.4 Å². The minimum atomic E-state index is -2.36. The van der Waals surface area contributed by atoms with Gasteiger partial charge in [-0.05, 0) is 12.1 Å². The van der Waals surface area contributed by atoms with E-state index in [0.717, 1.165) is 0 Å². The van der Waals surface area contributed by atoms with E-state index in [4.69, 9.17) is 28.7 Å². The second-order valence-corrected chi connectivity index (χ2v) is 3.36. The molecule has 2 N–H and O–H groups in total. The summed E-state index contributed by atoms with van der Waals surface area (Å²) in [6.45, 7) is -4.65. The number of guanidine groups is 1. The van der Waals surface area contributed by atoms with E-state index in [1.165, 1.54) is 0 Å². The van der Waals surface area contributed by atoms with Gasteiger partial charge in [-0.2, -0.15) is 0 Å². The third kappa shape index (κ3) is 2.91. The molecule has 0 spiro atoms. The Bertz CT molecular complexity index is 501. The Morgan fingerprint density at radius 3 is 2.60 bits per heavy atom. The number of nitrogens with one attached hydrogen (secondary N) is 2. The molecule has 1 aliphatic rings. The first-order valence-corrected chi connectivity index (χ1v) is 4.58. The van der Waals surface area contributed by atoms with Gasteiger partial charge in [0.2, 0.25) is 0 Å². The topological polar surface area (TPSA) is 36.4 Å². The van der Waals surface area contributed by atoms with Gasteiger partial charge in [0.05, 0.1) is 27.7 Å². The third-order valence-corrected chi connectivity index (χ3v) is 2.24. The maximum atomic E-state index is 7.45. The van der Waals surface area contributed by atoms with E-state index in [1.54, 1.807) is 18.2 Å². The van der Waals surface area contributed by atoms with Gasteiger partial charge >= 0.3 is 0 Å². The van der Waals surface area contributed by atoms with Crippen molar-refractivity contribution in [1.82, 2.24) is 5.32 Å². The maximum Gasteiger partial charge on any atom is 0.196 e. The molecular formula is C9H10Cl3N3. The lowest BCUT2D eigenvalue weighted by atomic mass is 10.3. The Balaban J connectivity index is 0.00000180. The second kappa shape index (κ2) is 5.45. The fourth-order valence-electron chi connectivity index (χ4n) is 0.994. The van der Waals surface area contributed by atoms with Crippen LogP contribution in [-0.2, 0) is 0 Å². The Hall–Kier alpha value is -0.640. The van der Waals surface area contributed by atoms with Gasteiger partial charge in [-0.1, -0.05) is 29.3 Å². The summed E-state index contributed by atoms with van der Waals surface area (Å²) in [6.07, 6.45) is 0. The number of anilines is 1. The fourth-order valence-corrected chi connectivity index (χ4v) is 1.49. The molecule has 0 amide bonds. The third-order valence-electron chi connectivity index (χ3n) is 1.61. The van der Waals surface area contributed by atoms with E-state index in [0.29, 0.717) is 15.7 Å². The zero-order valence-corrected chi connectivity index (χ0v) is 9.67. The zero-order chi connectivity index (χ0) is 13.6. The second-order valence-electron chi connectivity index (χ2n) is 2.54. The first kappa shape index (κ1) is 7.60. The lowest BCUT2D eigenvalue weighted by Crippen LogP contribution is -2.26.